The first-order valence-corrected chi connectivity index (χ1v) is 8.91. The van der Waals surface area contributed by atoms with Crippen LogP contribution in [0.4, 0.5) is 0 Å². The monoisotopic (exact) mass is 324 g/mol. The molecule has 0 saturated carbocycles. The van der Waals surface area contributed by atoms with E-state index < -0.39 is 5.97 Å². The third kappa shape index (κ3) is 5.09. The van der Waals surface area contributed by atoms with E-state index in [9.17, 15) is 9.59 Å². The van der Waals surface area contributed by atoms with Gasteiger partial charge in [0.05, 0.1) is 5.70 Å². The van der Waals surface area contributed by atoms with Gasteiger partial charge in [-0.2, -0.15) is 0 Å². The van der Waals surface area contributed by atoms with Crippen LogP contribution >= 0.6 is 21.6 Å². The Bertz CT molecular complexity index is 506. The number of carbonyl (C=O) groups excluding carboxylic acids is 2. The van der Waals surface area contributed by atoms with Crippen LogP contribution in [0, 0.1) is 0 Å². The summed E-state index contributed by atoms with van der Waals surface area (Å²) in [5.41, 5.74) is 0.549. The van der Waals surface area contributed by atoms with Gasteiger partial charge in [0.15, 0.2) is 0 Å². The van der Waals surface area contributed by atoms with Gasteiger partial charge in [-0.05, 0) is 35.8 Å². The highest BCUT2D eigenvalue weighted by Crippen LogP contribution is 2.29. The summed E-state index contributed by atoms with van der Waals surface area (Å²) in [7, 11) is 3.22. The average Bonchev–Trinajstić information content (AvgIpc) is 2.80. The predicted molar refractivity (Wildman–Crippen MR) is 83.1 cm³/mol. The fraction of sp³-hybridized carbons (Fsp3) is 0.357. The van der Waals surface area contributed by atoms with Crippen LogP contribution in [-0.2, 0) is 14.4 Å². The van der Waals surface area contributed by atoms with E-state index >= 15 is 0 Å². The molecular formula is C14H16N2O3S2. The normalized spacial score (nSPS) is 14.6. The van der Waals surface area contributed by atoms with Gasteiger partial charge in [0.2, 0.25) is 0 Å². The van der Waals surface area contributed by atoms with Crippen molar-refractivity contribution < 1.29 is 14.4 Å². The minimum Gasteiger partial charge on any atom is -0.334 e. The summed E-state index contributed by atoms with van der Waals surface area (Å²) in [5, 5.41) is 1.97. The van der Waals surface area contributed by atoms with Crippen LogP contribution < -0.4 is 0 Å². The quantitative estimate of drug-likeness (QED) is 0.567. The summed E-state index contributed by atoms with van der Waals surface area (Å²) in [5.74, 6) is 0.217. The minimum atomic E-state index is -0.394. The van der Waals surface area contributed by atoms with Crippen molar-refractivity contribution in [3.63, 3.8) is 0 Å². The maximum atomic E-state index is 11.6. The molecule has 1 aromatic heterocycles. The molecule has 0 N–H and O–H groups in total. The van der Waals surface area contributed by atoms with Crippen LogP contribution in [0.25, 0.3) is 0 Å². The molecule has 1 saturated heterocycles. The molecule has 1 aliphatic rings. The second kappa shape index (κ2) is 8.09. The average molecular weight is 324 g/mol. The zero-order valence-corrected chi connectivity index (χ0v) is 13.1. The van der Waals surface area contributed by atoms with Gasteiger partial charge in [-0.25, -0.2) is 9.78 Å². The van der Waals surface area contributed by atoms with Gasteiger partial charge in [0, 0.05) is 24.8 Å². The van der Waals surface area contributed by atoms with Gasteiger partial charge in [0.25, 0.3) is 5.91 Å². The van der Waals surface area contributed by atoms with E-state index in [4.69, 9.17) is 4.84 Å². The van der Waals surface area contributed by atoms with Crippen molar-refractivity contribution in [1.82, 2.24) is 10.0 Å². The molecule has 2 rings (SSSR count). The molecule has 0 aromatic carbocycles. The molecule has 5 nitrogen and oxygen atoms in total. The van der Waals surface area contributed by atoms with E-state index in [2.05, 4.69) is 11.6 Å². The first-order valence-electron chi connectivity index (χ1n) is 6.59. The lowest BCUT2D eigenvalue weighted by molar-refractivity contribution is -0.186. The molecule has 0 radical (unpaired) electrons. The van der Waals surface area contributed by atoms with Crippen molar-refractivity contribution in [1.29, 1.82) is 0 Å². The lowest BCUT2D eigenvalue weighted by Crippen LogP contribution is -2.26. The second-order valence-electron chi connectivity index (χ2n) is 4.39. The van der Waals surface area contributed by atoms with Crippen molar-refractivity contribution in [2.75, 3.05) is 5.75 Å². The number of pyridine rings is 1. The minimum absolute atomic E-state index is 0.201. The summed E-state index contributed by atoms with van der Waals surface area (Å²) < 4.78 is 0. The molecule has 0 bridgehead atoms. The molecule has 1 fully saturated rings. The number of aromatic nitrogens is 1. The molecule has 21 heavy (non-hydrogen) atoms. The van der Waals surface area contributed by atoms with Gasteiger partial charge < -0.3 is 4.84 Å². The topological polar surface area (TPSA) is 59.5 Å². The molecule has 0 unspecified atom stereocenters. The summed E-state index contributed by atoms with van der Waals surface area (Å²) >= 11 is 0. The smallest absolute Gasteiger partial charge is 0.333 e. The number of hydroxylamine groups is 2. The number of allylic oxidation sites excluding steroid dienone is 1. The Morgan fingerprint density at radius 3 is 2.95 bits per heavy atom. The largest absolute Gasteiger partial charge is 0.334 e. The van der Waals surface area contributed by atoms with Gasteiger partial charge >= 0.3 is 5.97 Å². The van der Waals surface area contributed by atoms with Crippen LogP contribution in [0.2, 0.25) is 0 Å². The Labute approximate surface area is 131 Å². The first-order chi connectivity index (χ1) is 10.2. The van der Waals surface area contributed by atoms with Crippen molar-refractivity contribution in [2.24, 2.45) is 0 Å². The van der Waals surface area contributed by atoms with E-state index in [0.29, 0.717) is 25.0 Å². The maximum Gasteiger partial charge on any atom is 0.333 e. The lowest BCUT2D eigenvalue weighted by atomic mass is 10.3. The highest BCUT2D eigenvalue weighted by Gasteiger charge is 2.27. The molecule has 1 amide bonds. The molecule has 1 aliphatic heterocycles. The fourth-order valence-electron chi connectivity index (χ4n) is 1.67. The zero-order chi connectivity index (χ0) is 15.1. The molecule has 112 valence electrons. The molecule has 7 heteroatoms. The standard InChI is InChI=1S/C14H16N2O3S2/c1-11-7-8-13(17)16(11)19-14(18)6-4-10-20-21-12-5-2-3-9-15-12/h2-3,5,9H,1,4,6-8,10H2. The summed E-state index contributed by atoms with van der Waals surface area (Å²) in [4.78, 5) is 32.3. The van der Waals surface area contributed by atoms with Gasteiger partial charge in [-0.1, -0.05) is 23.4 Å². The van der Waals surface area contributed by atoms with E-state index in [-0.39, 0.29) is 12.3 Å². The Morgan fingerprint density at radius 1 is 1.43 bits per heavy atom. The first kappa shape index (κ1) is 15.9. The zero-order valence-electron chi connectivity index (χ0n) is 11.5. The van der Waals surface area contributed by atoms with Crippen molar-refractivity contribution >= 4 is 33.5 Å². The Hall–Kier alpha value is -1.47. The summed E-state index contributed by atoms with van der Waals surface area (Å²) in [6.45, 7) is 3.70. The Kier molecular flexibility index (Phi) is 6.13. The fourth-order valence-corrected chi connectivity index (χ4v) is 3.63. The number of hydrogen-bond donors (Lipinski definition) is 0. The molecular weight excluding hydrogens is 308 g/mol. The van der Waals surface area contributed by atoms with E-state index in [0.717, 1.165) is 15.8 Å². The third-order valence-corrected chi connectivity index (χ3v) is 5.08. The Balaban J connectivity index is 1.59. The molecule has 0 spiro atoms. The van der Waals surface area contributed by atoms with E-state index in [1.54, 1.807) is 27.8 Å². The number of amides is 1. The molecule has 1 aromatic rings. The van der Waals surface area contributed by atoms with Crippen LogP contribution in [0.1, 0.15) is 25.7 Å². The number of hydrogen-bond acceptors (Lipinski definition) is 6. The third-order valence-electron chi connectivity index (χ3n) is 2.72. The number of rotatable bonds is 7. The van der Waals surface area contributed by atoms with Crippen molar-refractivity contribution in [2.45, 2.75) is 30.7 Å². The van der Waals surface area contributed by atoms with Gasteiger partial charge in [0.1, 0.15) is 5.03 Å². The highest BCUT2D eigenvalue weighted by molar-refractivity contribution is 8.76. The lowest BCUT2D eigenvalue weighted by Gasteiger charge is -2.15. The van der Waals surface area contributed by atoms with Crippen molar-refractivity contribution in [3.8, 4) is 0 Å². The number of carbonyl (C=O) groups is 2. The van der Waals surface area contributed by atoms with Crippen LogP contribution in [0.3, 0.4) is 0 Å². The Morgan fingerprint density at radius 2 is 2.29 bits per heavy atom. The number of nitrogens with zero attached hydrogens (tertiary/aromatic N) is 2. The van der Waals surface area contributed by atoms with Crippen LogP contribution in [-0.4, -0.2) is 27.7 Å². The SMILES string of the molecule is C=C1CCC(=O)N1OC(=O)CCCSSc1ccccn1. The maximum absolute atomic E-state index is 11.6. The molecule has 0 atom stereocenters. The highest BCUT2D eigenvalue weighted by atomic mass is 33.1. The van der Waals surface area contributed by atoms with Gasteiger partial charge in [-0.3, -0.25) is 4.79 Å². The van der Waals surface area contributed by atoms with Crippen molar-refractivity contribution in [3.05, 3.63) is 36.7 Å². The predicted octanol–water partition coefficient (Wildman–Crippen LogP) is 3.20. The summed E-state index contributed by atoms with van der Waals surface area (Å²) in [6, 6.07) is 5.75. The van der Waals surface area contributed by atoms with Crippen LogP contribution in [0.5, 0.6) is 0 Å². The van der Waals surface area contributed by atoms with E-state index in [1.165, 1.54) is 0 Å². The van der Waals surface area contributed by atoms with Crippen LogP contribution in [0.15, 0.2) is 41.7 Å². The molecule has 2 heterocycles. The molecule has 0 aliphatic carbocycles. The second-order valence-corrected chi connectivity index (χ2v) is 6.83. The van der Waals surface area contributed by atoms with Gasteiger partial charge in [-0.15, -0.1) is 5.06 Å². The summed E-state index contributed by atoms with van der Waals surface area (Å²) in [6.07, 6.45) is 3.65. The van der Waals surface area contributed by atoms with E-state index in [1.807, 2.05) is 18.2 Å².